The molecule has 0 saturated carbocycles. The molecule has 0 amide bonds. The normalized spacial score (nSPS) is 13.3. The highest BCUT2D eigenvalue weighted by Crippen LogP contribution is 2.21. The third kappa shape index (κ3) is 5.18. The van der Waals surface area contributed by atoms with E-state index in [-0.39, 0.29) is 12.1 Å². The van der Waals surface area contributed by atoms with Crippen LogP contribution in [0.4, 0.5) is 13.2 Å². The molecule has 0 fully saturated rings. The van der Waals surface area contributed by atoms with Crippen LogP contribution in [0.1, 0.15) is 29.3 Å². The smallest absolute Gasteiger partial charge is 0.390 e. The molecule has 0 aliphatic rings. The van der Waals surface area contributed by atoms with Crippen molar-refractivity contribution in [2.45, 2.75) is 32.1 Å². The number of benzene rings is 1. The zero-order valence-corrected chi connectivity index (χ0v) is 9.79. The lowest BCUT2D eigenvalue weighted by molar-refractivity contribution is -0.139. The summed E-state index contributed by atoms with van der Waals surface area (Å²) in [4.78, 5) is 10.7. The summed E-state index contributed by atoms with van der Waals surface area (Å²) in [5.41, 5.74) is 0.765. The molecule has 2 N–H and O–H groups in total. The van der Waals surface area contributed by atoms with Crippen LogP contribution in [0.3, 0.4) is 0 Å². The van der Waals surface area contributed by atoms with Crippen LogP contribution in [-0.2, 0) is 6.54 Å². The van der Waals surface area contributed by atoms with Crippen LogP contribution in [0.5, 0.6) is 0 Å². The van der Waals surface area contributed by atoms with Crippen LogP contribution in [0.25, 0.3) is 0 Å². The average molecular weight is 261 g/mol. The quantitative estimate of drug-likeness (QED) is 0.856. The predicted molar refractivity (Wildman–Crippen MR) is 60.4 cm³/mol. The van der Waals surface area contributed by atoms with Crippen molar-refractivity contribution >= 4 is 5.97 Å². The Kier molecular flexibility index (Phi) is 4.72. The Morgan fingerprint density at radius 1 is 1.44 bits per heavy atom. The first-order valence-corrected chi connectivity index (χ1v) is 5.40. The van der Waals surface area contributed by atoms with E-state index in [4.69, 9.17) is 5.11 Å². The van der Waals surface area contributed by atoms with Gasteiger partial charge in [-0.1, -0.05) is 12.1 Å². The molecule has 6 heteroatoms. The first kappa shape index (κ1) is 14.5. The van der Waals surface area contributed by atoms with Crippen molar-refractivity contribution in [2.75, 3.05) is 0 Å². The molecule has 1 rings (SSSR count). The van der Waals surface area contributed by atoms with E-state index in [2.05, 4.69) is 5.32 Å². The van der Waals surface area contributed by atoms with Gasteiger partial charge in [0.25, 0.3) is 0 Å². The van der Waals surface area contributed by atoms with Gasteiger partial charge in [-0.05, 0) is 24.6 Å². The number of nitrogens with one attached hydrogen (secondary N) is 1. The molecule has 18 heavy (non-hydrogen) atoms. The summed E-state index contributed by atoms with van der Waals surface area (Å²) in [6, 6.07) is 5.40. The molecule has 0 radical (unpaired) electrons. The highest BCUT2D eigenvalue weighted by atomic mass is 19.4. The summed E-state index contributed by atoms with van der Waals surface area (Å²) >= 11 is 0. The van der Waals surface area contributed by atoms with Gasteiger partial charge in [-0.15, -0.1) is 0 Å². The first-order chi connectivity index (χ1) is 8.28. The Balaban J connectivity index is 2.53. The Morgan fingerprint density at radius 2 is 2.11 bits per heavy atom. The topological polar surface area (TPSA) is 49.3 Å². The van der Waals surface area contributed by atoms with Gasteiger partial charge in [0.2, 0.25) is 0 Å². The van der Waals surface area contributed by atoms with E-state index < -0.39 is 24.6 Å². The monoisotopic (exact) mass is 261 g/mol. The Hall–Kier alpha value is -1.56. The van der Waals surface area contributed by atoms with Gasteiger partial charge >= 0.3 is 12.1 Å². The lowest BCUT2D eigenvalue weighted by Crippen LogP contribution is -2.30. The summed E-state index contributed by atoms with van der Waals surface area (Å²) in [7, 11) is 0. The van der Waals surface area contributed by atoms with Gasteiger partial charge in [0.1, 0.15) is 0 Å². The third-order valence-electron chi connectivity index (χ3n) is 2.37. The average Bonchev–Trinajstić information content (AvgIpc) is 2.24. The standard InChI is InChI=1S/C12H14F3NO2/c1-8(6-12(13,14)15)16-7-9-3-2-4-10(5-9)11(17)18/h2-5,8,16H,6-7H2,1H3,(H,17,18). The van der Waals surface area contributed by atoms with Gasteiger partial charge in [0.05, 0.1) is 12.0 Å². The number of rotatable bonds is 5. The van der Waals surface area contributed by atoms with Gasteiger partial charge in [-0.3, -0.25) is 0 Å². The number of carboxylic acids is 1. The van der Waals surface area contributed by atoms with Crippen LogP contribution < -0.4 is 5.32 Å². The maximum absolute atomic E-state index is 12.1. The van der Waals surface area contributed by atoms with Crippen LogP contribution in [-0.4, -0.2) is 23.3 Å². The molecule has 3 nitrogen and oxygen atoms in total. The zero-order chi connectivity index (χ0) is 13.8. The van der Waals surface area contributed by atoms with E-state index in [1.165, 1.54) is 19.1 Å². The Bertz CT molecular complexity index is 418. The molecule has 0 spiro atoms. The lowest BCUT2D eigenvalue weighted by Gasteiger charge is -2.15. The lowest BCUT2D eigenvalue weighted by atomic mass is 10.1. The molecular formula is C12H14F3NO2. The molecule has 0 saturated heterocycles. The predicted octanol–water partition coefficient (Wildman–Crippen LogP) is 2.82. The van der Waals surface area contributed by atoms with Gasteiger partial charge in [-0.2, -0.15) is 13.2 Å². The number of hydrogen-bond donors (Lipinski definition) is 2. The Morgan fingerprint density at radius 3 is 2.67 bits per heavy atom. The maximum atomic E-state index is 12.1. The molecule has 0 aromatic heterocycles. The summed E-state index contributed by atoms with van der Waals surface area (Å²) in [5, 5.41) is 11.5. The second-order valence-electron chi connectivity index (χ2n) is 4.11. The molecular weight excluding hydrogens is 247 g/mol. The Labute approximate surface area is 103 Å². The molecule has 100 valence electrons. The molecule has 1 aromatic rings. The highest BCUT2D eigenvalue weighted by molar-refractivity contribution is 5.87. The van der Waals surface area contributed by atoms with E-state index in [9.17, 15) is 18.0 Å². The van der Waals surface area contributed by atoms with E-state index in [0.717, 1.165) is 0 Å². The molecule has 0 aliphatic heterocycles. The number of aromatic carboxylic acids is 1. The molecule has 1 aromatic carbocycles. The number of carboxylic acid groups (broad SMARTS) is 1. The molecule has 0 heterocycles. The molecule has 0 bridgehead atoms. The van der Waals surface area contributed by atoms with Crippen molar-refractivity contribution in [1.29, 1.82) is 0 Å². The number of carbonyl (C=O) groups is 1. The summed E-state index contributed by atoms with van der Waals surface area (Å²) in [6.45, 7) is 1.65. The van der Waals surface area contributed by atoms with Crippen LogP contribution >= 0.6 is 0 Å². The van der Waals surface area contributed by atoms with Gasteiger partial charge in [0, 0.05) is 12.6 Å². The minimum Gasteiger partial charge on any atom is -0.478 e. The summed E-state index contributed by atoms with van der Waals surface area (Å²) in [5.74, 6) is -1.06. The van der Waals surface area contributed by atoms with Crippen molar-refractivity contribution in [1.82, 2.24) is 5.32 Å². The zero-order valence-electron chi connectivity index (χ0n) is 9.79. The molecule has 1 atom stereocenters. The SMILES string of the molecule is CC(CC(F)(F)F)NCc1cccc(C(=O)O)c1. The number of halogens is 3. The highest BCUT2D eigenvalue weighted by Gasteiger charge is 2.29. The van der Waals surface area contributed by atoms with E-state index in [1.54, 1.807) is 12.1 Å². The van der Waals surface area contributed by atoms with Crippen molar-refractivity contribution in [3.05, 3.63) is 35.4 Å². The van der Waals surface area contributed by atoms with Crippen molar-refractivity contribution < 1.29 is 23.1 Å². The van der Waals surface area contributed by atoms with Crippen molar-refractivity contribution in [2.24, 2.45) is 0 Å². The van der Waals surface area contributed by atoms with E-state index in [1.807, 2.05) is 0 Å². The van der Waals surface area contributed by atoms with Gasteiger partial charge in [-0.25, -0.2) is 4.79 Å². The third-order valence-corrected chi connectivity index (χ3v) is 2.37. The van der Waals surface area contributed by atoms with Crippen molar-refractivity contribution in [3.63, 3.8) is 0 Å². The minimum absolute atomic E-state index is 0.123. The van der Waals surface area contributed by atoms with E-state index in [0.29, 0.717) is 5.56 Å². The van der Waals surface area contributed by atoms with Gasteiger partial charge in [0.15, 0.2) is 0 Å². The largest absolute Gasteiger partial charge is 0.478 e. The fraction of sp³-hybridized carbons (Fsp3) is 0.417. The summed E-state index contributed by atoms with van der Waals surface area (Å²) < 4.78 is 36.3. The fourth-order valence-corrected chi connectivity index (χ4v) is 1.53. The van der Waals surface area contributed by atoms with Crippen molar-refractivity contribution in [3.8, 4) is 0 Å². The second-order valence-corrected chi connectivity index (χ2v) is 4.11. The van der Waals surface area contributed by atoms with Gasteiger partial charge < -0.3 is 10.4 Å². The van der Waals surface area contributed by atoms with Crippen LogP contribution in [0.15, 0.2) is 24.3 Å². The van der Waals surface area contributed by atoms with Crippen LogP contribution in [0, 0.1) is 0 Å². The first-order valence-electron chi connectivity index (χ1n) is 5.40. The second kappa shape index (κ2) is 5.86. The minimum atomic E-state index is -4.20. The van der Waals surface area contributed by atoms with E-state index >= 15 is 0 Å². The summed E-state index contributed by atoms with van der Waals surface area (Å²) in [6.07, 6.45) is -5.11. The number of hydrogen-bond acceptors (Lipinski definition) is 2. The number of alkyl halides is 3. The molecule has 1 unspecified atom stereocenters. The molecule has 0 aliphatic carbocycles. The maximum Gasteiger partial charge on any atom is 0.390 e. The van der Waals surface area contributed by atoms with Crippen LogP contribution in [0.2, 0.25) is 0 Å². The fourth-order valence-electron chi connectivity index (χ4n) is 1.53.